The van der Waals surface area contributed by atoms with Crippen molar-refractivity contribution in [2.75, 3.05) is 0 Å². The fourth-order valence-corrected chi connectivity index (χ4v) is 4.56. The molecule has 0 fully saturated rings. The van der Waals surface area contributed by atoms with Crippen molar-refractivity contribution < 1.29 is 51.0 Å². The summed E-state index contributed by atoms with van der Waals surface area (Å²) >= 11 is 0. The number of hydrogen-bond acceptors (Lipinski definition) is 0. The number of unbranched alkanes of at least 4 members (excludes halogenated alkanes) is 2. The Morgan fingerprint density at radius 2 is 1.55 bits per heavy atom. The summed E-state index contributed by atoms with van der Waals surface area (Å²) in [5.41, 5.74) is 12.6. The molecule has 0 atom stereocenters. The Kier molecular flexibility index (Phi) is 9.56. The number of allylic oxidation sites excluding steroid dienone is 2. The minimum atomic E-state index is 0. The smallest absolute Gasteiger partial charge is 1.00 e. The van der Waals surface area contributed by atoms with E-state index in [0.717, 1.165) is 19.3 Å². The molecular formula is C28H26Cl2Zr. The minimum Gasteiger partial charge on any atom is -1.00 e. The van der Waals surface area contributed by atoms with E-state index in [-0.39, 0.29) is 51.0 Å². The molecule has 0 nitrogen and oxygen atoms in total. The van der Waals surface area contributed by atoms with Crippen LogP contribution in [-0.2, 0) is 39.0 Å². The van der Waals surface area contributed by atoms with E-state index in [1.54, 1.807) is 0 Å². The van der Waals surface area contributed by atoms with E-state index >= 15 is 0 Å². The Bertz CT molecular complexity index is 1110. The van der Waals surface area contributed by atoms with Crippen molar-refractivity contribution in [3.8, 4) is 11.1 Å². The van der Waals surface area contributed by atoms with Crippen molar-refractivity contribution in [3.05, 3.63) is 106 Å². The number of benzene rings is 3. The van der Waals surface area contributed by atoms with Crippen LogP contribution in [-0.4, -0.2) is 0 Å². The predicted molar refractivity (Wildman–Crippen MR) is 120 cm³/mol. The molecule has 0 aromatic heterocycles. The molecule has 5 rings (SSSR count). The monoisotopic (exact) mass is 522 g/mol. The molecule has 0 spiro atoms. The van der Waals surface area contributed by atoms with Gasteiger partial charge in [-0.1, -0.05) is 86.5 Å². The molecule has 0 bridgehead atoms. The molecule has 2 aliphatic carbocycles. The second kappa shape index (κ2) is 11.5. The molecule has 0 radical (unpaired) electrons. The van der Waals surface area contributed by atoms with Gasteiger partial charge in [-0.3, -0.25) is 0 Å². The van der Waals surface area contributed by atoms with Crippen molar-refractivity contribution in [2.45, 2.75) is 39.0 Å². The zero-order valence-corrected chi connectivity index (χ0v) is 21.8. The minimum absolute atomic E-state index is 0. The molecule has 3 heteroatoms. The summed E-state index contributed by atoms with van der Waals surface area (Å²) in [5, 5.41) is 0. The number of halogens is 2. The van der Waals surface area contributed by atoms with Crippen LogP contribution < -0.4 is 24.8 Å². The molecule has 2 aliphatic rings. The quantitative estimate of drug-likeness (QED) is 0.347. The van der Waals surface area contributed by atoms with Crippen molar-refractivity contribution in [2.24, 2.45) is 0 Å². The molecule has 3 aromatic rings. The summed E-state index contributed by atoms with van der Waals surface area (Å²) < 4.78 is 0. The maximum absolute atomic E-state index is 2.45. The fourth-order valence-electron chi connectivity index (χ4n) is 4.56. The van der Waals surface area contributed by atoms with Gasteiger partial charge in [0.1, 0.15) is 0 Å². The molecule has 0 aliphatic heterocycles. The zero-order valence-electron chi connectivity index (χ0n) is 17.8. The summed E-state index contributed by atoms with van der Waals surface area (Å²) in [7, 11) is 0. The van der Waals surface area contributed by atoms with Crippen LogP contribution in [0.2, 0.25) is 0 Å². The molecule has 0 saturated carbocycles. The van der Waals surface area contributed by atoms with Crippen LogP contribution in [0.3, 0.4) is 0 Å². The average molecular weight is 525 g/mol. The summed E-state index contributed by atoms with van der Waals surface area (Å²) in [6, 6.07) is 22.9. The predicted octanol–water partition coefficient (Wildman–Crippen LogP) is 1.45. The molecule has 31 heavy (non-hydrogen) atoms. The van der Waals surface area contributed by atoms with Gasteiger partial charge < -0.3 is 24.8 Å². The average Bonchev–Trinajstić information content (AvgIpc) is 3.34. The van der Waals surface area contributed by atoms with Crippen LogP contribution in [0.5, 0.6) is 0 Å². The van der Waals surface area contributed by atoms with Gasteiger partial charge in [0, 0.05) is 0 Å². The topological polar surface area (TPSA) is 0 Å². The van der Waals surface area contributed by atoms with E-state index in [0.29, 0.717) is 0 Å². The first-order valence-electron chi connectivity index (χ1n) is 10.5. The zero-order chi connectivity index (χ0) is 18.9. The maximum Gasteiger partial charge on any atom is 2.00 e. The Morgan fingerprint density at radius 3 is 2.35 bits per heavy atom. The molecule has 156 valence electrons. The summed E-state index contributed by atoms with van der Waals surface area (Å²) in [4.78, 5) is 0. The fraction of sp³-hybridized carbons (Fsp3) is 0.214. The van der Waals surface area contributed by atoms with E-state index in [2.05, 4.69) is 85.8 Å². The van der Waals surface area contributed by atoms with Gasteiger partial charge in [-0.2, -0.15) is 0 Å². The Morgan fingerprint density at radius 1 is 0.839 bits per heavy atom. The number of fused-ring (bicyclic) bond motifs is 4. The second-order valence-electron chi connectivity index (χ2n) is 7.99. The van der Waals surface area contributed by atoms with Gasteiger partial charge in [0.2, 0.25) is 0 Å². The van der Waals surface area contributed by atoms with E-state index in [1.807, 2.05) is 0 Å². The van der Waals surface area contributed by atoms with E-state index in [1.165, 1.54) is 62.9 Å². The number of rotatable bonds is 5. The van der Waals surface area contributed by atoms with Crippen molar-refractivity contribution >= 4 is 11.6 Å². The first-order chi connectivity index (χ1) is 13.8. The van der Waals surface area contributed by atoms with Gasteiger partial charge in [-0.25, -0.2) is 0 Å². The third-order valence-corrected chi connectivity index (χ3v) is 6.11. The van der Waals surface area contributed by atoms with Crippen molar-refractivity contribution in [1.29, 1.82) is 0 Å². The normalized spacial score (nSPS) is 12.7. The first-order valence-corrected chi connectivity index (χ1v) is 10.5. The summed E-state index contributed by atoms with van der Waals surface area (Å²) in [6.45, 7) is 2.26. The van der Waals surface area contributed by atoms with Crippen LogP contribution in [0.1, 0.15) is 59.6 Å². The van der Waals surface area contributed by atoms with Gasteiger partial charge in [-0.05, 0) is 81.5 Å². The largest absolute Gasteiger partial charge is 2.00 e. The molecule has 3 aromatic carbocycles. The van der Waals surface area contributed by atoms with Gasteiger partial charge >= 0.3 is 26.2 Å². The standard InChI is InChI=1S/C28H26.2ClH.Zr/c1-2-3-4-11-26(23-14-13-20-9-7-10-21(20)17-23)25-16-15-24-18-22-8-5-6-12-27(22)28(24)19-25;;;/h5-8,10-17,19H,2-4,9,18H2,1H3;2*1H;/q;;;+2/p-2. The Hall–Kier alpha value is -1.40. The third kappa shape index (κ3) is 5.17. The molecule has 0 N–H and O–H groups in total. The maximum atomic E-state index is 2.45. The summed E-state index contributed by atoms with van der Waals surface area (Å²) in [6.07, 6.45) is 12.7. The SMILES string of the molecule is CCCCC=C(c1ccc2c(c1)C=CC2)c1ccc2c(c1)-c1ccccc1C2.[Cl-].[Cl-].[Zr+2]. The molecular weight excluding hydrogens is 498 g/mol. The molecule has 0 amide bonds. The van der Waals surface area contributed by atoms with Gasteiger partial charge in [-0.15, -0.1) is 0 Å². The van der Waals surface area contributed by atoms with Crippen molar-refractivity contribution in [3.63, 3.8) is 0 Å². The van der Waals surface area contributed by atoms with E-state index < -0.39 is 0 Å². The molecule has 0 saturated heterocycles. The van der Waals surface area contributed by atoms with Crippen LogP contribution >= 0.6 is 0 Å². The van der Waals surface area contributed by atoms with E-state index in [9.17, 15) is 0 Å². The summed E-state index contributed by atoms with van der Waals surface area (Å²) in [5.74, 6) is 0. The molecule has 0 heterocycles. The molecule has 0 unspecified atom stereocenters. The van der Waals surface area contributed by atoms with Crippen LogP contribution in [0.4, 0.5) is 0 Å². The van der Waals surface area contributed by atoms with E-state index in [4.69, 9.17) is 0 Å². The van der Waals surface area contributed by atoms with Crippen LogP contribution in [0.15, 0.2) is 72.8 Å². The van der Waals surface area contributed by atoms with Crippen LogP contribution in [0, 0.1) is 0 Å². The van der Waals surface area contributed by atoms with Gasteiger partial charge in [0.25, 0.3) is 0 Å². The first kappa shape index (κ1) is 25.9. The second-order valence-corrected chi connectivity index (χ2v) is 7.99. The van der Waals surface area contributed by atoms with Crippen molar-refractivity contribution in [1.82, 2.24) is 0 Å². The van der Waals surface area contributed by atoms with Crippen LogP contribution in [0.25, 0.3) is 22.8 Å². The van der Waals surface area contributed by atoms with Gasteiger partial charge in [0.15, 0.2) is 0 Å². The Labute approximate surface area is 217 Å². The Balaban J connectivity index is 0.00000114. The number of hydrogen-bond donors (Lipinski definition) is 0. The van der Waals surface area contributed by atoms with Gasteiger partial charge in [0.05, 0.1) is 0 Å². The third-order valence-electron chi connectivity index (χ3n) is 6.11.